The van der Waals surface area contributed by atoms with Gasteiger partial charge in [0.25, 0.3) is 0 Å². The van der Waals surface area contributed by atoms with E-state index in [2.05, 4.69) is 15.5 Å². The number of nitrogens with zero attached hydrogens (tertiary/aromatic N) is 4. The molecule has 6 heteroatoms. The summed E-state index contributed by atoms with van der Waals surface area (Å²) in [6, 6.07) is -0.243. The van der Waals surface area contributed by atoms with Gasteiger partial charge < -0.3 is 9.47 Å². The van der Waals surface area contributed by atoms with Crippen LogP contribution in [-0.2, 0) is 11.8 Å². The summed E-state index contributed by atoms with van der Waals surface area (Å²) in [6.45, 7) is 3.80. The van der Waals surface area contributed by atoms with Crippen molar-refractivity contribution < 1.29 is 4.79 Å². The van der Waals surface area contributed by atoms with E-state index in [1.165, 1.54) is 0 Å². The van der Waals surface area contributed by atoms with Crippen LogP contribution in [-0.4, -0.2) is 45.7 Å². The summed E-state index contributed by atoms with van der Waals surface area (Å²) in [5.74, 6) is 0.868. The van der Waals surface area contributed by atoms with Gasteiger partial charge in [-0.3, -0.25) is 10.1 Å². The quantitative estimate of drug-likeness (QED) is 0.780. The number of hydrogen-bond acceptors (Lipinski definition) is 4. The number of aromatic nitrogens is 3. The molecule has 0 aliphatic heterocycles. The van der Waals surface area contributed by atoms with Crippen molar-refractivity contribution in [1.29, 1.82) is 0 Å². The van der Waals surface area contributed by atoms with Crippen LogP contribution < -0.4 is 5.32 Å². The zero-order valence-electron chi connectivity index (χ0n) is 10.4. The molecule has 2 unspecified atom stereocenters. The molecule has 6 nitrogen and oxygen atoms in total. The normalized spacial score (nSPS) is 14.6. The molecule has 16 heavy (non-hydrogen) atoms. The highest BCUT2D eigenvalue weighted by Gasteiger charge is 2.19. The minimum Gasteiger partial charge on any atom is -0.347 e. The van der Waals surface area contributed by atoms with E-state index in [-0.39, 0.29) is 18.0 Å². The zero-order chi connectivity index (χ0) is 12.3. The molecule has 0 fully saturated rings. The summed E-state index contributed by atoms with van der Waals surface area (Å²) in [4.78, 5) is 13.2. The fraction of sp³-hybridized carbons (Fsp3) is 0.700. The van der Waals surface area contributed by atoms with Gasteiger partial charge in [0.05, 0.1) is 12.1 Å². The maximum atomic E-state index is 11.7. The summed E-state index contributed by atoms with van der Waals surface area (Å²) in [6.07, 6.45) is 1.64. The highest BCUT2D eigenvalue weighted by Crippen LogP contribution is 2.08. The monoisotopic (exact) mass is 225 g/mol. The van der Waals surface area contributed by atoms with Gasteiger partial charge in [-0.1, -0.05) is 0 Å². The highest BCUT2D eigenvalue weighted by molar-refractivity contribution is 5.80. The third-order valence-corrected chi connectivity index (χ3v) is 2.44. The minimum absolute atomic E-state index is 0.00796. The van der Waals surface area contributed by atoms with Crippen molar-refractivity contribution in [2.45, 2.75) is 25.9 Å². The molecule has 0 aliphatic rings. The summed E-state index contributed by atoms with van der Waals surface area (Å²) in [7, 11) is 5.37. The topological polar surface area (TPSA) is 63.1 Å². The van der Waals surface area contributed by atoms with E-state index in [9.17, 15) is 4.79 Å². The molecule has 0 spiro atoms. The van der Waals surface area contributed by atoms with Crippen molar-refractivity contribution in [3.8, 4) is 0 Å². The highest BCUT2D eigenvalue weighted by atomic mass is 16.2. The first-order valence-electron chi connectivity index (χ1n) is 5.24. The van der Waals surface area contributed by atoms with E-state index in [0.717, 1.165) is 5.82 Å². The molecule has 90 valence electrons. The molecule has 0 aromatic carbocycles. The van der Waals surface area contributed by atoms with Crippen LogP contribution in [0.25, 0.3) is 0 Å². The third-order valence-electron chi connectivity index (χ3n) is 2.44. The molecule has 1 amide bonds. The van der Waals surface area contributed by atoms with E-state index in [0.29, 0.717) is 0 Å². The molecule has 0 saturated carbocycles. The van der Waals surface area contributed by atoms with Gasteiger partial charge in [-0.2, -0.15) is 0 Å². The lowest BCUT2D eigenvalue weighted by molar-refractivity contribution is -0.130. The lowest BCUT2D eigenvalue weighted by Gasteiger charge is -2.21. The van der Waals surface area contributed by atoms with E-state index in [4.69, 9.17) is 0 Å². The second-order valence-corrected chi connectivity index (χ2v) is 4.14. The van der Waals surface area contributed by atoms with Gasteiger partial charge in [0.15, 0.2) is 0 Å². The number of hydrogen-bond donors (Lipinski definition) is 1. The average molecular weight is 225 g/mol. The van der Waals surface area contributed by atoms with Crippen LogP contribution in [0, 0.1) is 0 Å². The van der Waals surface area contributed by atoms with Crippen molar-refractivity contribution in [3.05, 3.63) is 12.2 Å². The largest absolute Gasteiger partial charge is 0.347 e. The molecule has 1 rings (SSSR count). The van der Waals surface area contributed by atoms with Gasteiger partial charge in [0.1, 0.15) is 12.2 Å². The van der Waals surface area contributed by atoms with Gasteiger partial charge in [-0.05, 0) is 13.8 Å². The first-order chi connectivity index (χ1) is 7.43. The number of nitrogens with one attached hydrogen (secondary N) is 1. The Balaban J connectivity index is 2.62. The Morgan fingerprint density at radius 2 is 2.12 bits per heavy atom. The maximum Gasteiger partial charge on any atom is 0.238 e. The standard InChI is InChI=1S/C10H19N5O/c1-7(9-13-11-6-15(9)5)12-8(2)10(16)14(3)4/h6-8,12H,1-5H3. The number of aryl methyl sites for hydroxylation is 1. The Labute approximate surface area is 95.6 Å². The van der Waals surface area contributed by atoms with Crippen LogP contribution in [0.15, 0.2) is 6.33 Å². The van der Waals surface area contributed by atoms with Crippen LogP contribution in [0.1, 0.15) is 25.7 Å². The lowest BCUT2D eigenvalue weighted by atomic mass is 10.2. The molecule has 0 aliphatic carbocycles. The second-order valence-electron chi connectivity index (χ2n) is 4.14. The van der Waals surface area contributed by atoms with E-state index in [1.807, 2.05) is 25.5 Å². The van der Waals surface area contributed by atoms with Crippen LogP contribution in [0.5, 0.6) is 0 Å². The zero-order valence-corrected chi connectivity index (χ0v) is 10.4. The van der Waals surface area contributed by atoms with E-state index < -0.39 is 0 Å². The van der Waals surface area contributed by atoms with Crippen molar-refractivity contribution in [3.63, 3.8) is 0 Å². The number of rotatable bonds is 4. The molecule has 1 aromatic rings. The van der Waals surface area contributed by atoms with Gasteiger partial charge in [0, 0.05) is 21.1 Å². The summed E-state index contributed by atoms with van der Waals surface area (Å²) in [5, 5.41) is 11.0. The maximum absolute atomic E-state index is 11.7. The smallest absolute Gasteiger partial charge is 0.238 e. The predicted molar refractivity (Wildman–Crippen MR) is 60.7 cm³/mol. The average Bonchev–Trinajstić information content (AvgIpc) is 2.62. The van der Waals surface area contributed by atoms with Crippen LogP contribution in [0.4, 0.5) is 0 Å². The molecule has 0 radical (unpaired) electrons. The minimum atomic E-state index is -0.235. The molecule has 1 aromatic heterocycles. The van der Waals surface area contributed by atoms with Crippen molar-refractivity contribution >= 4 is 5.91 Å². The third kappa shape index (κ3) is 2.79. The Morgan fingerprint density at radius 3 is 2.56 bits per heavy atom. The van der Waals surface area contributed by atoms with E-state index >= 15 is 0 Å². The number of carbonyl (C=O) groups is 1. The fourth-order valence-corrected chi connectivity index (χ4v) is 1.59. The number of amides is 1. The summed E-state index contributed by atoms with van der Waals surface area (Å²) < 4.78 is 1.84. The summed E-state index contributed by atoms with van der Waals surface area (Å²) in [5.41, 5.74) is 0. The molecule has 2 atom stereocenters. The first-order valence-corrected chi connectivity index (χ1v) is 5.24. The van der Waals surface area contributed by atoms with Gasteiger partial charge in [-0.15, -0.1) is 10.2 Å². The van der Waals surface area contributed by atoms with Gasteiger partial charge in [0.2, 0.25) is 5.91 Å². The van der Waals surface area contributed by atoms with Crippen LogP contribution in [0.3, 0.4) is 0 Å². The number of likely N-dealkylation sites (N-methyl/N-ethyl adjacent to an activating group) is 1. The second kappa shape index (κ2) is 5.07. The molecular weight excluding hydrogens is 206 g/mol. The van der Waals surface area contributed by atoms with Crippen molar-refractivity contribution in [1.82, 2.24) is 25.0 Å². The summed E-state index contributed by atoms with van der Waals surface area (Å²) >= 11 is 0. The molecule has 1 N–H and O–H groups in total. The Hall–Kier alpha value is -1.43. The first kappa shape index (κ1) is 12.6. The van der Waals surface area contributed by atoms with Gasteiger partial charge in [-0.25, -0.2) is 0 Å². The Morgan fingerprint density at radius 1 is 1.50 bits per heavy atom. The molecule has 0 saturated heterocycles. The number of carbonyl (C=O) groups excluding carboxylic acids is 1. The van der Waals surface area contributed by atoms with Crippen molar-refractivity contribution in [2.75, 3.05) is 14.1 Å². The van der Waals surface area contributed by atoms with Crippen LogP contribution >= 0.6 is 0 Å². The predicted octanol–water partition coefficient (Wildman–Crippen LogP) is -0.0576. The lowest BCUT2D eigenvalue weighted by Crippen LogP contribution is -2.42. The Kier molecular flexibility index (Phi) is 4.00. The molecule has 0 bridgehead atoms. The Bertz CT molecular complexity index is 360. The SMILES string of the molecule is CC(NC(C)c1nncn1C)C(=O)N(C)C. The fourth-order valence-electron chi connectivity index (χ4n) is 1.59. The van der Waals surface area contributed by atoms with Crippen LogP contribution in [0.2, 0.25) is 0 Å². The van der Waals surface area contributed by atoms with Gasteiger partial charge >= 0.3 is 0 Å². The van der Waals surface area contributed by atoms with Crippen molar-refractivity contribution in [2.24, 2.45) is 7.05 Å². The van der Waals surface area contributed by atoms with E-state index in [1.54, 1.807) is 25.3 Å². The molecular formula is C10H19N5O. The molecule has 1 heterocycles.